The predicted molar refractivity (Wildman–Crippen MR) is 134 cm³/mol. The van der Waals surface area contributed by atoms with Gasteiger partial charge in [0.25, 0.3) is 0 Å². The van der Waals surface area contributed by atoms with Crippen LogP contribution in [0, 0.1) is 0 Å². The van der Waals surface area contributed by atoms with Crippen LogP contribution in [0.15, 0.2) is 83.8 Å². The SMILES string of the molecule is CC(C)(C)c1ccccc1OC[C@@H](O)Cn1c(CS(=O)(=O)c2ccccc2)nc2ccccc21. The fourth-order valence-electron chi connectivity index (χ4n) is 3.98. The van der Waals surface area contributed by atoms with Crippen LogP contribution in [-0.4, -0.2) is 35.8 Å². The van der Waals surface area contributed by atoms with Crippen molar-refractivity contribution in [2.75, 3.05) is 6.61 Å². The van der Waals surface area contributed by atoms with Gasteiger partial charge in [0.2, 0.25) is 0 Å². The summed E-state index contributed by atoms with van der Waals surface area (Å²) in [6.45, 7) is 6.58. The number of aliphatic hydroxyl groups excluding tert-OH is 1. The van der Waals surface area contributed by atoms with Crippen molar-refractivity contribution in [1.82, 2.24) is 9.55 Å². The number of fused-ring (bicyclic) bond motifs is 1. The van der Waals surface area contributed by atoms with Gasteiger partial charge in [0.15, 0.2) is 9.84 Å². The third-order valence-electron chi connectivity index (χ3n) is 5.67. The van der Waals surface area contributed by atoms with E-state index in [4.69, 9.17) is 4.74 Å². The Morgan fingerprint density at radius 3 is 2.32 bits per heavy atom. The van der Waals surface area contributed by atoms with Crippen molar-refractivity contribution in [1.29, 1.82) is 0 Å². The van der Waals surface area contributed by atoms with Crippen LogP contribution in [0.5, 0.6) is 5.75 Å². The maximum absolute atomic E-state index is 13.0. The Labute approximate surface area is 200 Å². The lowest BCUT2D eigenvalue weighted by Gasteiger charge is -2.23. The molecule has 0 aliphatic carbocycles. The largest absolute Gasteiger partial charge is 0.491 e. The first kappa shape index (κ1) is 24.0. The lowest BCUT2D eigenvalue weighted by atomic mass is 9.86. The molecule has 1 aromatic heterocycles. The zero-order chi connectivity index (χ0) is 24.3. The minimum absolute atomic E-state index is 0.0739. The van der Waals surface area contributed by atoms with Crippen LogP contribution in [0.3, 0.4) is 0 Å². The van der Waals surface area contributed by atoms with Gasteiger partial charge in [0.1, 0.15) is 30.0 Å². The van der Waals surface area contributed by atoms with Crippen molar-refractivity contribution < 1.29 is 18.3 Å². The minimum atomic E-state index is -3.59. The van der Waals surface area contributed by atoms with Gasteiger partial charge in [0, 0.05) is 0 Å². The van der Waals surface area contributed by atoms with E-state index in [1.54, 1.807) is 34.9 Å². The molecule has 0 unspecified atom stereocenters. The Balaban J connectivity index is 1.57. The van der Waals surface area contributed by atoms with Crippen LogP contribution in [0.4, 0.5) is 0 Å². The van der Waals surface area contributed by atoms with Crippen LogP contribution in [0.25, 0.3) is 11.0 Å². The molecule has 0 fully saturated rings. The Hall–Kier alpha value is -3.16. The van der Waals surface area contributed by atoms with Crippen LogP contribution in [0.2, 0.25) is 0 Å². The fourth-order valence-corrected chi connectivity index (χ4v) is 5.28. The molecule has 4 aromatic rings. The zero-order valence-corrected chi connectivity index (χ0v) is 20.5. The molecule has 178 valence electrons. The summed E-state index contributed by atoms with van der Waals surface area (Å²) in [5.74, 6) is 0.863. The number of hydrogen-bond donors (Lipinski definition) is 1. The summed E-state index contributed by atoms with van der Waals surface area (Å²) in [4.78, 5) is 4.82. The molecular weight excluding hydrogens is 448 g/mol. The van der Waals surface area contributed by atoms with Gasteiger partial charge >= 0.3 is 0 Å². The summed E-state index contributed by atoms with van der Waals surface area (Å²) in [5, 5.41) is 10.9. The van der Waals surface area contributed by atoms with Crippen molar-refractivity contribution >= 4 is 20.9 Å². The number of rotatable bonds is 8. The number of aromatic nitrogens is 2. The highest BCUT2D eigenvalue weighted by Crippen LogP contribution is 2.31. The van der Waals surface area contributed by atoms with Crippen LogP contribution in [0.1, 0.15) is 32.2 Å². The zero-order valence-electron chi connectivity index (χ0n) is 19.7. The molecule has 0 aliphatic rings. The van der Waals surface area contributed by atoms with E-state index in [1.807, 2.05) is 48.5 Å². The minimum Gasteiger partial charge on any atom is -0.491 e. The maximum Gasteiger partial charge on any atom is 0.185 e. The number of ether oxygens (including phenoxy) is 1. The van der Waals surface area contributed by atoms with Gasteiger partial charge in [-0.3, -0.25) is 0 Å². The van der Waals surface area contributed by atoms with Crippen LogP contribution < -0.4 is 4.74 Å². The predicted octanol–water partition coefficient (Wildman–Crippen LogP) is 4.75. The van der Waals surface area contributed by atoms with E-state index < -0.39 is 15.9 Å². The molecule has 0 saturated heterocycles. The summed E-state index contributed by atoms with van der Waals surface area (Å²) >= 11 is 0. The standard InChI is InChI=1S/C27H30N2O4S/c1-27(2,3)22-13-7-10-16-25(22)33-18-20(30)17-29-24-15-9-8-14-23(24)28-26(29)19-34(31,32)21-11-5-4-6-12-21/h4-16,20,30H,17-19H2,1-3H3/t20-/m0/s1. The van der Waals surface area contributed by atoms with E-state index in [0.717, 1.165) is 16.8 Å². The summed E-state index contributed by atoms with van der Waals surface area (Å²) in [7, 11) is -3.59. The lowest BCUT2D eigenvalue weighted by molar-refractivity contribution is 0.0919. The molecule has 0 bridgehead atoms. The van der Waals surface area contributed by atoms with E-state index >= 15 is 0 Å². The van der Waals surface area contributed by atoms with Crippen molar-refractivity contribution in [3.8, 4) is 5.75 Å². The highest BCUT2D eigenvalue weighted by molar-refractivity contribution is 7.90. The summed E-state index contributed by atoms with van der Waals surface area (Å²) in [5.41, 5.74) is 2.42. The highest BCUT2D eigenvalue weighted by atomic mass is 32.2. The van der Waals surface area contributed by atoms with Gasteiger partial charge in [-0.2, -0.15) is 0 Å². The van der Waals surface area contributed by atoms with Gasteiger partial charge in [-0.25, -0.2) is 13.4 Å². The van der Waals surface area contributed by atoms with Gasteiger partial charge < -0.3 is 14.4 Å². The van der Waals surface area contributed by atoms with E-state index in [2.05, 4.69) is 25.8 Å². The normalized spacial score (nSPS) is 13.2. The number of para-hydroxylation sites is 3. The van der Waals surface area contributed by atoms with Gasteiger partial charge in [-0.05, 0) is 41.3 Å². The van der Waals surface area contributed by atoms with Crippen molar-refractivity contribution in [2.24, 2.45) is 0 Å². The molecule has 3 aromatic carbocycles. The average molecular weight is 479 g/mol. The molecule has 4 rings (SSSR count). The fraction of sp³-hybridized carbons (Fsp3) is 0.296. The Kier molecular flexibility index (Phi) is 6.77. The molecule has 1 atom stereocenters. The van der Waals surface area contributed by atoms with E-state index in [1.165, 1.54) is 0 Å². The third-order valence-corrected chi connectivity index (χ3v) is 7.30. The van der Waals surface area contributed by atoms with Crippen LogP contribution in [-0.2, 0) is 27.5 Å². The first-order valence-corrected chi connectivity index (χ1v) is 12.9. The molecule has 34 heavy (non-hydrogen) atoms. The molecule has 0 spiro atoms. The molecule has 6 nitrogen and oxygen atoms in total. The van der Waals surface area contributed by atoms with E-state index in [0.29, 0.717) is 11.3 Å². The number of benzene rings is 3. The van der Waals surface area contributed by atoms with E-state index in [9.17, 15) is 13.5 Å². The Bertz CT molecular complexity index is 1370. The second kappa shape index (κ2) is 9.60. The molecule has 0 saturated carbocycles. The topological polar surface area (TPSA) is 81.4 Å². The number of aliphatic hydroxyl groups is 1. The Morgan fingerprint density at radius 1 is 0.941 bits per heavy atom. The second-order valence-electron chi connectivity index (χ2n) is 9.41. The molecule has 0 aliphatic heterocycles. The van der Waals surface area contributed by atoms with Gasteiger partial charge in [-0.1, -0.05) is 69.3 Å². The van der Waals surface area contributed by atoms with Gasteiger partial charge in [0.05, 0.1) is 22.5 Å². The first-order chi connectivity index (χ1) is 16.1. The van der Waals surface area contributed by atoms with Crippen molar-refractivity contribution in [2.45, 2.75) is 49.5 Å². The highest BCUT2D eigenvalue weighted by Gasteiger charge is 2.23. The molecule has 7 heteroatoms. The summed E-state index contributed by atoms with van der Waals surface area (Å²) < 4.78 is 33.8. The quantitative estimate of drug-likeness (QED) is 0.395. The van der Waals surface area contributed by atoms with Crippen molar-refractivity contribution in [3.63, 3.8) is 0 Å². The number of hydrogen-bond acceptors (Lipinski definition) is 5. The number of nitrogens with zero attached hydrogens (tertiary/aromatic N) is 2. The number of imidazole rings is 1. The molecule has 1 N–H and O–H groups in total. The number of sulfone groups is 1. The summed E-state index contributed by atoms with van der Waals surface area (Å²) in [6.07, 6.45) is -0.858. The molecule has 0 radical (unpaired) electrons. The second-order valence-corrected chi connectivity index (χ2v) is 11.4. The molecular formula is C27H30N2O4S. The third kappa shape index (κ3) is 5.32. The molecule has 1 heterocycles. The van der Waals surface area contributed by atoms with Crippen LogP contribution >= 0.6 is 0 Å². The Morgan fingerprint density at radius 2 is 1.59 bits per heavy atom. The maximum atomic E-state index is 13.0. The monoisotopic (exact) mass is 478 g/mol. The van der Waals surface area contributed by atoms with Gasteiger partial charge in [-0.15, -0.1) is 0 Å². The average Bonchev–Trinajstić information content (AvgIpc) is 3.14. The van der Waals surface area contributed by atoms with E-state index in [-0.39, 0.29) is 29.2 Å². The first-order valence-electron chi connectivity index (χ1n) is 11.3. The van der Waals surface area contributed by atoms with Crippen molar-refractivity contribution in [3.05, 3.63) is 90.3 Å². The molecule has 0 amide bonds. The summed E-state index contributed by atoms with van der Waals surface area (Å²) in [6, 6.07) is 23.6. The lowest BCUT2D eigenvalue weighted by Crippen LogP contribution is -2.26. The smallest absolute Gasteiger partial charge is 0.185 e.